The van der Waals surface area contributed by atoms with Gasteiger partial charge in [-0.2, -0.15) is 0 Å². The van der Waals surface area contributed by atoms with Crippen molar-refractivity contribution in [2.24, 2.45) is 11.8 Å². The lowest BCUT2D eigenvalue weighted by molar-refractivity contribution is -0.117. The van der Waals surface area contributed by atoms with E-state index in [1.165, 1.54) is 5.56 Å². The van der Waals surface area contributed by atoms with Crippen molar-refractivity contribution < 1.29 is 4.79 Å². The van der Waals surface area contributed by atoms with E-state index in [9.17, 15) is 4.79 Å². The highest BCUT2D eigenvalue weighted by Gasteiger charge is 2.23. The highest BCUT2D eigenvalue weighted by molar-refractivity contribution is 9.10. The van der Waals surface area contributed by atoms with E-state index in [2.05, 4.69) is 41.2 Å². The molecule has 16 heavy (non-hydrogen) atoms. The Hall–Kier alpha value is -0.830. The van der Waals surface area contributed by atoms with Gasteiger partial charge < -0.3 is 5.32 Å². The van der Waals surface area contributed by atoms with Crippen LogP contribution < -0.4 is 5.32 Å². The van der Waals surface area contributed by atoms with E-state index in [1.54, 1.807) is 0 Å². The van der Waals surface area contributed by atoms with Crippen LogP contribution in [0, 0.1) is 11.8 Å². The molecule has 1 aromatic rings. The Balaban J connectivity index is 2.36. The van der Waals surface area contributed by atoms with Gasteiger partial charge in [-0.15, -0.1) is 0 Å². The summed E-state index contributed by atoms with van der Waals surface area (Å²) in [4.78, 5) is 11.7. The first kappa shape index (κ1) is 11.6. The number of amides is 1. The Morgan fingerprint density at radius 1 is 1.38 bits per heavy atom. The van der Waals surface area contributed by atoms with Gasteiger partial charge in [0, 0.05) is 16.6 Å². The lowest BCUT2D eigenvalue weighted by atomic mass is 9.87. The Bertz CT molecular complexity index is 414. The lowest BCUT2D eigenvalue weighted by Gasteiger charge is -2.17. The van der Waals surface area contributed by atoms with Gasteiger partial charge >= 0.3 is 0 Å². The van der Waals surface area contributed by atoms with Crippen molar-refractivity contribution in [3.8, 4) is 0 Å². The smallest absolute Gasteiger partial charge is 0.224 e. The number of hydrogen-bond donors (Lipinski definition) is 1. The fourth-order valence-electron chi connectivity index (χ4n) is 2.12. The average Bonchev–Trinajstić information content (AvgIpc) is 2.36. The predicted molar refractivity (Wildman–Crippen MR) is 69.4 cm³/mol. The zero-order valence-corrected chi connectivity index (χ0v) is 11.2. The van der Waals surface area contributed by atoms with Gasteiger partial charge in [-0.3, -0.25) is 4.79 Å². The van der Waals surface area contributed by atoms with Crippen molar-refractivity contribution in [2.75, 3.05) is 5.32 Å². The first-order valence-corrected chi connectivity index (χ1v) is 6.44. The molecule has 3 heteroatoms. The van der Waals surface area contributed by atoms with Crippen LogP contribution in [0.4, 0.5) is 5.69 Å². The van der Waals surface area contributed by atoms with Crippen molar-refractivity contribution in [2.45, 2.75) is 26.7 Å². The predicted octanol–water partition coefficient (Wildman–Crippen LogP) is 3.61. The van der Waals surface area contributed by atoms with Crippen LogP contribution in [-0.4, -0.2) is 5.91 Å². The van der Waals surface area contributed by atoms with E-state index in [1.807, 2.05) is 12.1 Å². The Kier molecular flexibility index (Phi) is 3.33. The summed E-state index contributed by atoms with van der Waals surface area (Å²) >= 11 is 3.48. The molecule has 1 aromatic carbocycles. The maximum atomic E-state index is 11.7. The second-order valence-electron chi connectivity index (χ2n) is 4.76. The topological polar surface area (TPSA) is 29.1 Å². The van der Waals surface area contributed by atoms with Crippen LogP contribution >= 0.6 is 15.9 Å². The number of halogens is 1. The monoisotopic (exact) mass is 281 g/mol. The van der Waals surface area contributed by atoms with Gasteiger partial charge in [0.2, 0.25) is 5.91 Å². The summed E-state index contributed by atoms with van der Waals surface area (Å²) in [6.07, 6.45) is 1.61. The van der Waals surface area contributed by atoms with Crippen LogP contribution in [0.25, 0.3) is 0 Å². The van der Waals surface area contributed by atoms with Gasteiger partial charge in [0.05, 0.1) is 0 Å². The molecule has 0 spiro atoms. The molecule has 0 radical (unpaired) electrons. The molecule has 0 fully saturated rings. The first-order chi connectivity index (χ1) is 7.56. The van der Waals surface area contributed by atoms with Crippen molar-refractivity contribution in [3.63, 3.8) is 0 Å². The number of benzene rings is 1. The maximum Gasteiger partial charge on any atom is 0.224 e. The third-order valence-corrected chi connectivity index (χ3v) is 3.71. The Morgan fingerprint density at radius 2 is 2.12 bits per heavy atom. The van der Waals surface area contributed by atoms with Crippen molar-refractivity contribution >= 4 is 27.5 Å². The molecular weight excluding hydrogens is 266 g/mol. The summed E-state index contributed by atoms with van der Waals surface area (Å²) in [6, 6.07) is 6.05. The largest absolute Gasteiger partial charge is 0.326 e. The van der Waals surface area contributed by atoms with Crippen LogP contribution in [-0.2, 0) is 11.2 Å². The number of carbonyl (C=O) groups is 1. The summed E-state index contributed by atoms with van der Waals surface area (Å²) in [6.45, 7) is 4.36. The normalized spacial score (nSPS) is 20.2. The summed E-state index contributed by atoms with van der Waals surface area (Å²) < 4.78 is 1.07. The Labute approximate surface area is 105 Å². The number of fused-ring (bicyclic) bond motifs is 1. The van der Waals surface area contributed by atoms with E-state index in [-0.39, 0.29) is 5.91 Å². The fourth-order valence-corrected chi connectivity index (χ4v) is 2.53. The standard InChI is InChI=1S/C13H16BrNO/c1-8(2)9-5-10-6-11(14)3-4-12(10)15-13(16)7-9/h3-4,6,8-9H,5,7H2,1-2H3,(H,15,16). The van der Waals surface area contributed by atoms with Gasteiger partial charge in [0.15, 0.2) is 0 Å². The molecule has 0 aromatic heterocycles. The molecule has 0 bridgehead atoms. The maximum absolute atomic E-state index is 11.7. The van der Waals surface area contributed by atoms with E-state index < -0.39 is 0 Å². The molecule has 2 rings (SSSR count). The van der Waals surface area contributed by atoms with Gasteiger partial charge in [0.1, 0.15) is 0 Å². The third kappa shape index (κ3) is 2.46. The minimum atomic E-state index is 0.139. The number of carbonyl (C=O) groups excluding carboxylic acids is 1. The van der Waals surface area contributed by atoms with Crippen molar-refractivity contribution in [3.05, 3.63) is 28.2 Å². The molecule has 1 N–H and O–H groups in total. The van der Waals surface area contributed by atoms with Crippen molar-refractivity contribution in [1.82, 2.24) is 0 Å². The minimum absolute atomic E-state index is 0.139. The molecule has 0 saturated heterocycles. The lowest BCUT2D eigenvalue weighted by Crippen LogP contribution is -2.17. The first-order valence-electron chi connectivity index (χ1n) is 5.64. The molecule has 1 aliphatic heterocycles. The summed E-state index contributed by atoms with van der Waals surface area (Å²) in [7, 11) is 0. The molecule has 0 saturated carbocycles. The van der Waals surface area contributed by atoms with Gasteiger partial charge in [-0.05, 0) is 42.0 Å². The molecule has 1 atom stereocenters. The van der Waals surface area contributed by atoms with E-state index in [4.69, 9.17) is 0 Å². The van der Waals surface area contributed by atoms with Crippen LogP contribution in [0.15, 0.2) is 22.7 Å². The Morgan fingerprint density at radius 3 is 2.81 bits per heavy atom. The summed E-state index contributed by atoms with van der Waals surface area (Å²) in [5, 5.41) is 2.97. The number of rotatable bonds is 1. The molecular formula is C13H16BrNO. The van der Waals surface area contributed by atoms with Gasteiger partial charge in [-0.1, -0.05) is 29.8 Å². The fraction of sp³-hybridized carbons (Fsp3) is 0.462. The zero-order valence-electron chi connectivity index (χ0n) is 9.59. The molecule has 1 heterocycles. The van der Waals surface area contributed by atoms with Crippen LogP contribution in [0.2, 0.25) is 0 Å². The molecule has 86 valence electrons. The van der Waals surface area contributed by atoms with Crippen LogP contribution in [0.1, 0.15) is 25.8 Å². The zero-order chi connectivity index (χ0) is 11.7. The minimum Gasteiger partial charge on any atom is -0.326 e. The number of nitrogens with one attached hydrogen (secondary N) is 1. The summed E-state index contributed by atoms with van der Waals surface area (Å²) in [5.74, 6) is 1.12. The van der Waals surface area contributed by atoms with E-state index in [0.29, 0.717) is 18.3 Å². The molecule has 1 amide bonds. The van der Waals surface area contributed by atoms with Crippen molar-refractivity contribution in [1.29, 1.82) is 0 Å². The average molecular weight is 282 g/mol. The second-order valence-corrected chi connectivity index (χ2v) is 5.68. The quantitative estimate of drug-likeness (QED) is 0.837. The van der Waals surface area contributed by atoms with Gasteiger partial charge in [-0.25, -0.2) is 0 Å². The summed E-state index contributed by atoms with van der Waals surface area (Å²) in [5.41, 5.74) is 2.20. The van der Waals surface area contributed by atoms with Crippen LogP contribution in [0.5, 0.6) is 0 Å². The van der Waals surface area contributed by atoms with E-state index >= 15 is 0 Å². The SMILES string of the molecule is CC(C)C1CC(=O)Nc2ccc(Br)cc2C1. The molecule has 1 unspecified atom stereocenters. The highest BCUT2D eigenvalue weighted by atomic mass is 79.9. The van der Waals surface area contributed by atoms with Gasteiger partial charge in [0.25, 0.3) is 0 Å². The van der Waals surface area contributed by atoms with Crippen LogP contribution in [0.3, 0.4) is 0 Å². The molecule has 1 aliphatic rings. The molecule has 0 aliphatic carbocycles. The highest BCUT2D eigenvalue weighted by Crippen LogP contribution is 2.30. The third-order valence-electron chi connectivity index (χ3n) is 3.21. The number of anilines is 1. The second kappa shape index (κ2) is 4.58. The molecule has 2 nitrogen and oxygen atoms in total. The number of hydrogen-bond acceptors (Lipinski definition) is 1. The van der Waals surface area contributed by atoms with E-state index in [0.717, 1.165) is 16.6 Å².